The zero-order valence-corrected chi connectivity index (χ0v) is 15.5. The van der Waals surface area contributed by atoms with Crippen molar-refractivity contribution in [3.05, 3.63) is 29.6 Å². The minimum Gasteiger partial charge on any atom is -0.348 e. The zero-order valence-electron chi connectivity index (χ0n) is 15.5. The van der Waals surface area contributed by atoms with Gasteiger partial charge in [-0.25, -0.2) is 0 Å². The molecule has 0 unspecified atom stereocenters. The average Bonchev–Trinajstić information content (AvgIpc) is 2.87. The van der Waals surface area contributed by atoms with Gasteiger partial charge in [-0.15, -0.1) is 0 Å². The lowest BCUT2D eigenvalue weighted by Crippen LogP contribution is -2.54. The third-order valence-electron chi connectivity index (χ3n) is 5.59. The van der Waals surface area contributed by atoms with E-state index in [0.717, 1.165) is 43.7 Å². The molecule has 0 aromatic carbocycles. The minimum atomic E-state index is -0.0554. The van der Waals surface area contributed by atoms with Crippen molar-refractivity contribution in [1.82, 2.24) is 19.7 Å². The molecule has 2 saturated heterocycles. The first-order chi connectivity index (χ1) is 11.9. The van der Waals surface area contributed by atoms with Crippen molar-refractivity contribution in [2.45, 2.75) is 44.7 Å². The summed E-state index contributed by atoms with van der Waals surface area (Å²) in [6, 6.07) is 5.98. The van der Waals surface area contributed by atoms with E-state index in [1.54, 1.807) is 19.0 Å². The van der Waals surface area contributed by atoms with E-state index in [1.807, 2.05) is 25.1 Å². The molecule has 1 aromatic heterocycles. The third-order valence-corrected chi connectivity index (χ3v) is 5.59. The second-order valence-electron chi connectivity index (χ2n) is 7.54. The Morgan fingerprint density at radius 2 is 1.96 bits per heavy atom. The summed E-state index contributed by atoms with van der Waals surface area (Å²) in [4.78, 5) is 34.9. The highest BCUT2D eigenvalue weighted by atomic mass is 16.2. The summed E-state index contributed by atoms with van der Waals surface area (Å²) in [7, 11) is 3.58. The van der Waals surface area contributed by atoms with Gasteiger partial charge in [0.05, 0.1) is 18.8 Å². The number of likely N-dealkylation sites (tertiary alicyclic amines) is 2. The molecule has 25 heavy (non-hydrogen) atoms. The summed E-state index contributed by atoms with van der Waals surface area (Å²) in [5, 5.41) is 0. The van der Waals surface area contributed by atoms with Gasteiger partial charge >= 0.3 is 0 Å². The molecule has 0 bridgehead atoms. The number of hydrogen-bond acceptors (Lipinski definition) is 4. The number of likely N-dealkylation sites (N-methyl/N-ethyl adjacent to an activating group) is 1. The third kappa shape index (κ3) is 3.84. The molecular formula is C19H28N4O2. The number of amides is 2. The van der Waals surface area contributed by atoms with E-state index >= 15 is 0 Å². The molecule has 6 nitrogen and oxygen atoms in total. The fraction of sp³-hybridized carbons (Fsp3) is 0.632. The standard InChI is InChI=1S/C19H28N4O2/c1-15-5-4-6-16(20-15)13-23-17(24)7-8-19(23)9-11-22(12-10-19)14-18(25)21(2)3/h4-6H,7-14H2,1-3H3. The molecule has 2 aliphatic rings. The van der Waals surface area contributed by atoms with Crippen LogP contribution in [0.1, 0.15) is 37.1 Å². The highest BCUT2D eigenvalue weighted by molar-refractivity contribution is 5.80. The molecule has 6 heteroatoms. The van der Waals surface area contributed by atoms with Crippen LogP contribution in [-0.2, 0) is 16.1 Å². The molecule has 0 N–H and O–H groups in total. The van der Waals surface area contributed by atoms with Crippen LogP contribution in [0.3, 0.4) is 0 Å². The molecule has 2 fully saturated rings. The van der Waals surface area contributed by atoms with Gasteiger partial charge in [-0.3, -0.25) is 19.5 Å². The Balaban J connectivity index is 1.66. The Morgan fingerprint density at radius 1 is 1.24 bits per heavy atom. The Labute approximate surface area is 149 Å². The normalized spacial score (nSPS) is 20.3. The van der Waals surface area contributed by atoms with E-state index < -0.39 is 0 Å². The number of aromatic nitrogens is 1. The number of carbonyl (C=O) groups is 2. The molecule has 1 spiro atoms. The highest BCUT2D eigenvalue weighted by Gasteiger charge is 2.46. The van der Waals surface area contributed by atoms with Crippen LogP contribution >= 0.6 is 0 Å². The van der Waals surface area contributed by atoms with Crippen LogP contribution in [0.2, 0.25) is 0 Å². The van der Waals surface area contributed by atoms with Gasteiger partial charge in [0.1, 0.15) is 0 Å². The molecule has 2 amide bonds. The first kappa shape index (κ1) is 17.9. The zero-order chi connectivity index (χ0) is 18.0. The second kappa shape index (κ2) is 7.12. The summed E-state index contributed by atoms with van der Waals surface area (Å²) in [5.41, 5.74) is 1.88. The topological polar surface area (TPSA) is 56.8 Å². The highest BCUT2D eigenvalue weighted by Crippen LogP contribution is 2.39. The first-order valence-corrected chi connectivity index (χ1v) is 9.05. The van der Waals surface area contributed by atoms with E-state index in [9.17, 15) is 9.59 Å². The molecule has 0 saturated carbocycles. The molecule has 136 valence electrons. The molecule has 1 aromatic rings. The fourth-order valence-corrected chi connectivity index (χ4v) is 3.96. The summed E-state index contributed by atoms with van der Waals surface area (Å²) in [5.74, 6) is 0.375. The predicted molar refractivity (Wildman–Crippen MR) is 95.9 cm³/mol. The maximum Gasteiger partial charge on any atom is 0.236 e. The Hall–Kier alpha value is -1.95. The number of carbonyl (C=O) groups excluding carboxylic acids is 2. The number of hydrogen-bond donors (Lipinski definition) is 0. The molecule has 0 radical (unpaired) electrons. The maximum absolute atomic E-state index is 12.5. The molecule has 2 aliphatic heterocycles. The SMILES string of the molecule is Cc1cccc(CN2C(=O)CCC23CCN(CC(=O)N(C)C)CC3)n1. The van der Waals surface area contributed by atoms with Crippen LogP contribution in [-0.4, -0.2) is 70.8 Å². The maximum atomic E-state index is 12.5. The summed E-state index contributed by atoms with van der Waals surface area (Å²) < 4.78 is 0. The lowest BCUT2D eigenvalue weighted by Gasteiger charge is -2.45. The van der Waals surface area contributed by atoms with E-state index in [0.29, 0.717) is 19.5 Å². The number of rotatable bonds is 4. The van der Waals surface area contributed by atoms with Crippen LogP contribution in [0.5, 0.6) is 0 Å². The predicted octanol–water partition coefficient (Wildman–Crippen LogP) is 1.44. The van der Waals surface area contributed by atoms with Crippen LogP contribution in [0.25, 0.3) is 0 Å². The van der Waals surface area contributed by atoms with Gasteiger partial charge < -0.3 is 9.80 Å². The fourth-order valence-electron chi connectivity index (χ4n) is 3.96. The van der Waals surface area contributed by atoms with Gasteiger partial charge in [0.25, 0.3) is 0 Å². The second-order valence-corrected chi connectivity index (χ2v) is 7.54. The Morgan fingerprint density at radius 3 is 2.60 bits per heavy atom. The van der Waals surface area contributed by atoms with E-state index in [1.165, 1.54) is 0 Å². The molecule has 0 atom stereocenters. The number of pyridine rings is 1. The van der Waals surface area contributed by atoms with Gasteiger partial charge in [0, 0.05) is 44.8 Å². The van der Waals surface area contributed by atoms with Crippen molar-refractivity contribution in [1.29, 1.82) is 0 Å². The number of nitrogens with zero attached hydrogens (tertiary/aromatic N) is 4. The van der Waals surface area contributed by atoms with Gasteiger partial charge in [-0.2, -0.15) is 0 Å². The summed E-state index contributed by atoms with van der Waals surface area (Å²) in [6.07, 6.45) is 3.42. The molecule has 3 heterocycles. The van der Waals surface area contributed by atoms with Crippen molar-refractivity contribution >= 4 is 11.8 Å². The quantitative estimate of drug-likeness (QED) is 0.829. The summed E-state index contributed by atoms with van der Waals surface area (Å²) in [6.45, 7) is 4.77. The number of piperidine rings is 1. The average molecular weight is 344 g/mol. The van der Waals surface area contributed by atoms with E-state index in [-0.39, 0.29) is 17.4 Å². The van der Waals surface area contributed by atoms with Crippen molar-refractivity contribution < 1.29 is 9.59 Å². The lowest BCUT2D eigenvalue weighted by atomic mass is 9.85. The molecule has 0 aliphatic carbocycles. The van der Waals surface area contributed by atoms with Gasteiger partial charge in [-0.05, 0) is 38.3 Å². The Bertz CT molecular complexity index is 651. The van der Waals surface area contributed by atoms with Gasteiger partial charge in [0.15, 0.2) is 0 Å². The van der Waals surface area contributed by atoms with E-state index in [2.05, 4.69) is 14.8 Å². The van der Waals surface area contributed by atoms with Crippen LogP contribution in [0.4, 0.5) is 0 Å². The molecular weight excluding hydrogens is 316 g/mol. The Kier molecular flexibility index (Phi) is 5.08. The van der Waals surface area contributed by atoms with Crippen molar-refractivity contribution in [2.24, 2.45) is 0 Å². The van der Waals surface area contributed by atoms with Crippen LogP contribution < -0.4 is 0 Å². The largest absolute Gasteiger partial charge is 0.348 e. The van der Waals surface area contributed by atoms with Gasteiger partial charge in [0.2, 0.25) is 11.8 Å². The first-order valence-electron chi connectivity index (χ1n) is 9.05. The van der Waals surface area contributed by atoms with Crippen molar-refractivity contribution in [3.8, 4) is 0 Å². The van der Waals surface area contributed by atoms with Crippen molar-refractivity contribution in [3.63, 3.8) is 0 Å². The minimum absolute atomic E-state index is 0.0554. The van der Waals surface area contributed by atoms with Crippen molar-refractivity contribution in [2.75, 3.05) is 33.7 Å². The van der Waals surface area contributed by atoms with Gasteiger partial charge in [-0.1, -0.05) is 6.07 Å². The van der Waals surface area contributed by atoms with Crippen LogP contribution in [0, 0.1) is 6.92 Å². The number of aryl methyl sites for hydroxylation is 1. The monoisotopic (exact) mass is 344 g/mol. The van der Waals surface area contributed by atoms with E-state index in [4.69, 9.17) is 0 Å². The smallest absolute Gasteiger partial charge is 0.236 e. The molecule has 3 rings (SSSR count). The lowest BCUT2D eigenvalue weighted by molar-refractivity contribution is -0.135. The van der Waals surface area contributed by atoms with Crippen LogP contribution in [0.15, 0.2) is 18.2 Å². The summed E-state index contributed by atoms with van der Waals surface area (Å²) >= 11 is 0.